The van der Waals surface area contributed by atoms with Gasteiger partial charge in [-0.05, 0) is 86.8 Å². The average molecular weight is 328 g/mol. The topological polar surface area (TPSA) is 18.5 Å². The van der Waals surface area contributed by atoms with Crippen LogP contribution < -0.4 is 0 Å². The third-order valence-corrected chi connectivity index (χ3v) is 7.13. The van der Waals surface area contributed by atoms with Gasteiger partial charge >= 0.3 is 0 Å². The molecule has 0 amide bonds. The fraction of sp³-hybridized carbons (Fsp3) is 0.727. The van der Waals surface area contributed by atoms with Crippen LogP contribution in [0, 0.1) is 25.7 Å². The first-order valence-electron chi connectivity index (χ1n) is 10.0. The lowest BCUT2D eigenvalue weighted by molar-refractivity contribution is -0.185. The Labute approximate surface area is 146 Å². The lowest BCUT2D eigenvalue weighted by Crippen LogP contribution is -2.37. The van der Waals surface area contributed by atoms with Crippen molar-refractivity contribution >= 4 is 0 Å². The summed E-state index contributed by atoms with van der Waals surface area (Å²) in [5.41, 5.74) is 4.59. The van der Waals surface area contributed by atoms with Gasteiger partial charge in [-0.3, -0.25) is 0 Å². The van der Waals surface area contributed by atoms with Gasteiger partial charge in [-0.2, -0.15) is 0 Å². The average Bonchev–Trinajstić information content (AvgIpc) is 3.06. The van der Waals surface area contributed by atoms with E-state index in [-0.39, 0.29) is 5.79 Å². The predicted molar refractivity (Wildman–Crippen MR) is 97.2 cm³/mol. The normalized spacial score (nSPS) is 30.8. The molecule has 3 aliphatic rings. The Morgan fingerprint density at radius 3 is 2.12 bits per heavy atom. The second-order valence-electron chi connectivity index (χ2n) is 8.35. The monoisotopic (exact) mass is 328 g/mol. The number of hydrogen-bond acceptors (Lipinski definition) is 2. The van der Waals surface area contributed by atoms with E-state index in [1.165, 1.54) is 49.7 Å². The van der Waals surface area contributed by atoms with Crippen molar-refractivity contribution in [3.63, 3.8) is 0 Å². The van der Waals surface area contributed by atoms with E-state index in [1.807, 2.05) is 0 Å². The van der Waals surface area contributed by atoms with E-state index < -0.39 is 0 Å². The van der Waals surface area contributed by atoms with E-state index in [0.717, 1.165) is 43.8 Å². The molecular weight excluding hydrogens is 296 g/mol. The van der Waals surface area contributed by atoms with Gasteiger partial charge in [0.15, 0.2) is 5.79 Å². The summed E-state index contributed by atoms with van der Waals surface area (Å²) in [6.45, 7) is 6.14. The lowest BCUT2D eigenvalue weighted by atomic mass is 9.68. The van der Waals surface area contributed by atoms with Crippen molar-refractivity contribution in [2.24, 2.45) is 11.8 Å². The summed E-state index contributed by atoms with van der Waals surface area (Å²) in [6, 6.07) is 6.86. The number of ether oxygens (including phenoxy) is 2. The van der Waals surface area contributed by atoms with E-state index in [1.54, 1.807) is 5.56 Å². The first-order chi connectivity index (χ1) is 11.7. The summed E-state index contributed by atoms with van der Waals surface area (Å²) in [5.74, 6) is 2.44. The molecule has 2 nitrogen and oxygen atoms in total. The molecule has 3 fully saturated rings. The Kier molecular flexibility index (Phi) is 4.70. The molecule has 2 aliphatic carbocycles. The third-order valence-electron chi connectivity index (χ3n) is 7.13. The highest BCUT2D eigenvalue weighted by Crippen LogP contribution is 2.46. The third kappa shape index (κ3) is 3.15. The van der Waals surface area contributed by atoms with Crippen LogP contribution in [0.3, 0.4) is 0 Å². The smallest absolute Gasteiger partial charge is 0.168 e. The van der Waals surface area contributed by atoms with Crippen molar-refractivity contribution in [1.29, 1.82) is 0 Å². The fourth-order valence-electron chi connectivity index (χ4n) is 5.45. The van der Waals surface area contributed by atoms with E-state index in [4.69, 9.17) is 9.47 Å². The molecule has 1 aromatic carbocycles. The van der Waals surface area contributed by atoms with Crippen molar-refractivity contribution in [2.75, 3.05) is 13.2 Å². The Morgan fingerprint density at radius 2 is 1.46 bits per heavy atom. The zero-order valence-corrected chi connectivity index (χ0v) is 15.4. The van der Waals surface area contributed by atoms with Gasteiger partial charge in [0.1, 0.15) is 0 Å². The number of aryl methyl sites for hydroxylation is 1. The number of hydrogen-bond donors (Lipinski definition) is 0. The van der Waals surface area contributed by atoms with Crippen molar-refractivity contribution in [3.8, 4) is 0 Å². The Hall–Kier alpha value is -0.860. The van der Waals surface area contributed by atoms with Crippen LogP contribution in [-0.2, 0) is 9.47 Å². The minimum absolute atomic E-state index is 0.188. The Morgan fingerprint density at radius 1 is 0.833 bits per heavy atom. The van der Waals surface area contributed by atoms with Gasteiger partial charge in [0.2, 0.25) is 0 Å². The minimum atomic E-state index is -0.188. The van der Waals surface area contributed by atoms with Crippen LogP contribution >= 0.6 is 0 Å². The van der Waals surface area contributed by atoms with Gasteiger partial charge in [-0.25, -0.2) is 0 Å². The second-order valence-corrected chi connectivity index (χ2v) is 8.35. The standard InChI is InChI=1S/C22H32O2/c1-16-4-3-5-21(17(16)2)20-8-6-18(7-9-20)19-10-12-22(13-11-19)23-14-15-24-22/h3-5,18-20H,6-15H2,1-2H3. The minimum Gasteiger partial charge on any atom is -0.348 e. The summed E-state index contributed by atoms with van der Waals surface area (Å²) in [6.07, 6.45) is 10.4. The molecule has 0 radical (unpaired) electrons. The first kappa shape index (κ1) is 16.6. The molecule has 24 heavy (non-hydrogen) atoms. The molecule has 1 aliphatic heterocycles. The van der Waals surface area contributed by atoms with Crippen LogP contribution in [-0.4, -0.2) is 19.0 Å². The highest BCUT2D eigenvalue weighted by atomic mass is 16.7. The maximum atomic E-state index is 5.89. The summed E-state index contributed by atoms with van der Waals surface area (Å²) in [5, 5.41) is 0. The van der Waals surface area contributed by atoms with Crippen LogP contribution in [0.1, 0.15) is 74.0 Å². The van der Waals surface area contributed by atoms with Crippen molar-refractivity contribution in [3.05, 3.63) is 34.9 Å². The van der Waals surface area contributed by atoms with Gasteiger partial charge in [0.05, 0.1) is 13.2 Å². The molecule has 0 atom stereocenters. The maximum absolute atomic E-state index is 5.89. The molecule has 1 spiro atoms. The zero-order chi connectivity index (χ0) is 16.6. The molecule has 4 rings (SSSR count). The van der Waals surface area contributed by atoms with Gasteiger partial charge in [-0.1, -0.05) is 18.2 Å². The Bertz CT molecular complexity index is 555. The van der Waals surface area contributed by atoms with Gasteiger partial charge < -0.3 is 9.47 Å². The van der Waals surface area contributed by atoms with Crippen LogP contribution in [0.25, 0.3) is 0 Å². The SMILES string of the molecule is Cc1cccc(C2CCC(C3CCC4(CC3)OCCO4)CC2)c1C. The molecule has 0 aromatic heterocycles. The summed E-state index contributed by atoms with van der Waals surface area (Å²) in [4.78, 5) is 0. The largest absolute Gasteiger partial charge is 0.348 e. The van der Waals surface area contributed by atoms with Crippen LogP contribution in [0.4, 0.5) is 0 Å². The summed E-state index contributed by atoms with van der Waals surface area (Å²) >= 11 is 0. The number of benzene rings is 1. The molecule has 0 N–H and O–H groups in total. The molecule has 132 valence electrons. The van der Waals surface area contributed by atoms with Gasteiger partial charge in [0.25, 0.3) is 0 Å². The van der Waals surface area contributed by atoms with Crippen molar-refractivity contribution in [2.45, 2.75) is 76.9 Å². The zero-order valence-electron chi connectivity index (χ0n) is 15.4. The fourth-order valence-corrected chi connectivity index (χ4v) is 5.45. The Balaban J connectivity index is 1.33. The van der Waals surface area contributed by atoms with Crippen molar-refractivity contribution in [1.82, 2.24) is 0 Å². The molecule has 1 saturated heterocycles. The predicted octanol–water partition coefficient (Wildman–Crippen LogP) is 5.51. The highest BCUT2D eigenvalue weighted by molar-refractivity contribution is 5.35. The number of rotatable bonds is 2. The molecule has 2 heteroatoms. The maximum Gasteiger partial charge on any atom is 0.168 e. The molecule has 1 heterocycles. The van der Waals surface area contributed by atoms with Crippen LogP contribution in [0.15, 0.2) is 18.2 Å². The van der Waals surface area contributed by atoms with Crippen LogP contribution in [0.5, 0.6) is 0 Å². The molecule has 0 unspecified atom stereocenters. The van der Waals surface area contributed by atoms with E-state index in [0.29, 0.717) is 0 Å². The van der Waals surface area contributed by atoms with Gasteiger partial charge in [-0.15, -0.1) is 0 Å². The quantitative estimate of drug-likeness (QED) is 0.712. The summed E-state index contributed by atoms with van der Waals surface area (Å²) in [7, 11) is 0. The van der Waals surface area contributed by atoms with Gasteiger partial charge in [0, 0.05) is 12.8 Å². The van der Waals surface area contributed by atoms with E-state index in [2.05, 4.69) is 32.0 Å². The molecule has 0 bridgehead atoms. The second kappa shape index (κ2) is 6.80. The molecular formula is C22H32O2. The van der Waals surface area contributed by atoms with E-state index >= 15 is 0 Å². The van der Waals surface area contributed by atoms with Crippen molar-refractivity contribution < 1.29 is 9.47 Å². The highest BCUT2D eigenvalue weighted by Gasteiger charge is 2.42. The first-order valence-corrected chi connectivity index (χ1v) is 10.0. The molecule has 2 saturated carbocycles. The molecule has 1 aromatic rings. The lowest BCUT2D eigenvalue weighted by Gasteiger charge is -2.41. The summed E-state index contributed by atoms with van der Waals surface area (Å²) < 4.78 is 11.8. The van der Waals surface area contributed by atoms with E-state index in [9.17, 15) is 0 Å². The van der Waals surface area contributed by atoms with Crippen LogP contribution in [0.2, 0.25) is 0 Å².